The van der Waals surface area contributed by atoms with E-state index in [4.69, 9.17) is 0 Å². The maximum absolute atomic E-state index is 12.2. The number of carbonyl (C=O) groups excluding carboxylic acids is 3. The van der Waals surface area contributed by atoms with Gasteiger partial charge in [-0.3, -0.25) is 19.8 Å². The van der Waals surface area contributed by atoms with Gasteiger partial charge in [0.25, 0.3) is 5.91 Å². The van der Waals surface area contributed by atoms with Crippen molar-refractivity contribution in [1.82, 2.24) is 15.6 Å². The van der Waals surface area contributed by atoms with Gasteiger partial charge in [-0.15, -0.1) is 11.3 Å². The first-order chi connectivity index (χ1) is 12.6. The molecule has 1 aliphatic carbocycles. The topological polar surface area (TPSA) is 91.4 Å². The second-order valence-electron chi connectivity index (χ2n) is 6.32. The van der Waals surface area contributed by atoms with Crippen LogP contribution in [0.3, 0.4) is 0 Å². The average Bonchev–Trinajstić information content (AvgIpc) is 3.29. The molecule has 1 aromatic carbocycles. The highest BCUT2D eigenvalue weighted by atomic mass is 32.1. The van der Waals surface area contributed by atoms with E-state index < -0.39 is 6.03 Å². The molecule has 2 N–H and O–H groups in total. The Hall–Kier alpha value is -2.74. The monoisotopic (exact) mass is 370 g/mol. The highest BCUT2D eigenvalue weighted by molar-refractivity contribution is 7.11. The van der Waals surface area contributed by atoms with Gasteiger partial charge in [0.15, 0.2) is 0 Å². The number of nitrogens with zero attached hydrogens (tertiary/aromatic N) is 2. The summed E-state index contributed by atoms with van der Waals surface area (Å²) in [6, 6.07) is 6.19. The molecule has 0 atom stereocenters. The minimum atomic E-state index is -0.442. The molecule has 7 nitrogen and oxygen atoms in total. The van der Waals surface area contributed by atoms with Gasteiger partial charge in [0, 0.05) is 29.1 Å². The number of hydrogen-bond acceptors (Lipinski definition) is 5. The van der Waals surface area contributed by atoms with Crippen LogP contribution >= 0.6 is 11.3 Å². The van der Waals surface area contributed by atoms with Gasteiger partial charge in [-0.2, -0.15) is 0 Å². The second-order valence-corrected chi connectivity index (χ2v) is 7.49. The molecule has 134 valence electrons. The zero-order valence-electron chi connectivity index (χ0n) is 14.1. The predicted octanol–water partition coefficient (Wildman–Crippen LogP) is 1.66. The third kappa shape index (κ3) is 3.32. The van der Waals surface area contributed by atoms with Gasteiger partial charge in [0.1, 0.15) is 6.54 Å². The van der Waals surface area contributed by atoms with E-state index in [2.05, 4.69) is 15.6 Å². The molecule has 1 fully saturated rings. The third-order valence-corrected chi connectivity index (χ3v) is 5.72. The van der Waals surface area contributed by atoms with E-state index in [1.54, 1.807) is 35.6 Å². The molecule has 4 rings (SSSR count). The number of carbonyl (C=O) groups is 3. The zero-order valence-corrected chi connectivity index (χ0v) is 14.9. The number of thiazole rings is 1. The first-order valence-corrected chi connectivity index (χ1v) is 9.39. The smallest absolute Gasteiger partial charge is 0.329 e. The molecule has 2 heterocycles. The molecule has 4 amide bonds. The minimum absolute atomic E-state index is 0.00215. The molecule has 0 unspecified atom stereocenters. The predicted molar refractivity (Wildman–Crippen MR) is 97.5 cm³/mol. The van der Waals surface area contributed by atoms with Crippen molar-refractivity contribution in [1.29, 1.82) is 0 Å². The summed E-state index contributed by atoms with van der Waals surface area (Å²) >= 11 is 1.75. The number of rotatable bonds is 5. The summed E-state index contributed by atoms with van der Waals surface area (Å²) in [5.41, 5.74) is 2.33. The van der Waals surface area contributed by atoms with Crippen molar-refractivity contribution in [2.45, 2.75) is 25.7 Å². The normalized spacial score (nSPS) is 15.9. The molecule has 2 aromatic rings. The number of imide groups is 1. The lowest BCUT2D eigenvalue weighted by molar-refractivity contribution is -0.117. The van der Waals surface area contributed by atoms with Crippen molar-refractivity contribution in [2.75, 3.05) is 18.0 Å². The lowest BCUT2D eigenvalue weighted by Crippen LogP contribution is -2.28. The van der Waals surface area contributed by atoms with Crippen LogP contribution in [0.15, 0.2) is 24.3 Å². The highest BCUT2D eigenvalue weighted by Gasteiger charge is 2.27. The summed E-state index contributed by atoms with van der Waals surface area (Å²) in [7, 11) is 0. The van der Waals surface area contributed by atoms with E-state index in [0.717, 1.165) is 24.3 Å². The number of hydrogen-bond donors (Lipinski definition) is 2. The number of urea groups is 1. The van der Waals surface area contributed by atoms with Crippen LogP contribution in [0, 0.1) is 0 Å². The fraction of sp³-hybridized carbons (Fsp3) is 0.333. The van der Waals surface area contributed by atoms with E-state index in [1.165, 1.54) is 21.9 Å². The largest absolute Gasteiger partial charge is 0.352 e. The first kappa shape index (κ1) is 16.7. The lowest BCUT2D eigenvalue weighted by Gasteiger charge is -2.13. The number of benzene rings is 1. The maximum Gasteiger partial charge on any atom is 0.329 e. The number of nitrogens with one attached hydrogen (secondary N) is 2. The van der Waals surface area contributed by atoms with Crippen LogP contribution in [0.25, 0.3) is 0 Å². The molecule has 8 heteroatoms. The van der Waals surface area contributed by atoms with Gasteiger partial charge in [0.2, 0.25) is 5.91 Å². The zero-order chi connectivity index (χ0) is 18.1. The maximum atomic E-state index is 12.2. The molecule has 1 saturated heterocycles. The highest BCUT2D eigenvalue weighted by Crippen LogP contribution is 2.27. The second kappa shape index (κ2) is 6.87. The van der Waals surface area contributed by atoms with Crippen LogP contribution in [0.4, 0.5) is 10.5 Å². The van der Waals surface area contributed by atoms with Crippen molar-refractivity contribution < 1.29 is 14.4 Å². The van der Waals surface area contributed by atoms with Crippen LogP contribution in [0.5, 0.6) is 0 Å². The summed E-state index contributed by atoms with van der Waals surface area (Å²) in [4.78, 5) is 42.5. The Labute approximate surface area is 154 Å². The van der Waals surface area contributed by atoms with Crippen molar-refractivity contribution in [3.8, 4) is 0 Å². The molecule has 0 saturated carbocycles. The first-order valence-electron chi connectivity index (χ1n) is 8.57. The Morgan fingerprint density at radius 2 is 2.04 bits per heavy atom. The number of aromatic nitrogens is 1. The Kier molecular flexibility index (Phi) is 4.42. The summed E-state index contributed by atoms with van der Waals surface area (Å²) in [6.07, 6.45) is 4.14. The van der Waals surface area contributed by atoms with Crippen LogP contribution in [0.1, 0.15) is 32.4 Å². The molecule has 1 aromatic heterocycles. The van der Waals surface area contributed by atoms with Crippen LogP contribution in [0.2, 0.25) is 0 Å². The Bertz CT molecular complexity index is 854. The summed E-state index contributed by atoms with van der Waals surface area (Å²) in [5.74, 6) is -0.493. The molecule has 0 bridgehead atoms. The lowest BCUT2D eigenvalue weighted by atomic mass is 10.2. The van der Waals surface area contributed by atoms with E-state index in [-0.39, 0.29) is 18.4 Å². The minimum Gasteiger partial charge on any atom is -0.352 e. The van der Waals surface area contributed by atoms with Gasteiger partial charge in [0.05, 0.1) is 10.7 Å². The molecule has 26 heavy (non-hydrogen) atoms. The van der Waals surface area contributed by atoms with Crippen LogP contribution in [-0.2, 0) is 24.1 Å². The fourth-order valence-electron chi connectivity index (χ4n) is 3.18. The van der Waals surface area contributed by atoms with E-state index in [0.29, 0.717) is 17.8 Å². The molecular weight excluding hydrogens is 352 g/mol. The number of aryl methyl sites for hydroxylation is 2. The molecule has 1 aliphatic heterocycles. The Morgan fingerprint density at radius 3 is 2.73 bits per heavy atom. The number of amides is 4. The van der Waals surface area contributed by atoms with Crippen molar-refractivity contribution in [3.05, 3.63) is 45.4 Å². The molecule has 0 spiro atoms. The summed E-state index contributed by atoms with van der Waals surface area (Å²) < 4.78 is 0. The quantitative estimate of drug-likeness (QED) is 0.783. The molecule has 0 radical (unpaired) electrons. The average molecular weight is 370 g/mol. The Morgan fingerprint density at radius 1 is 1.23 bits per heavy atom. The van der Waals surface area contributed by atoms with Crippen LogP contribution < -0.4 is 15.5 Å². The third-order valence-electron chi connectivity index (χ3n) is 4.50. The Balaban J connectivity index is 1.31. The molecular formula is C18H18N4O3S. The number of anilines is 1. The van der Waals surface area contributed by atoms with Gasteiger partial charge in [-0.25, -0.2) is 9.78 Å². The summed E-state index contributed by atoms with van der Waals surface area (Å²) in [6.45, 7) is 0.540. The van der Waals surface area contributed by atoms with Gasteiger partial charge < -0.3 is 5.32 Å². The van der Waals surface area contributed by atoms with Crippen molar-refractivity contribution in [3.63, 3.8) is 0 Å². The fourth-order valence-corrected chi connectivity index (χ4v) is 4.34. The van der Waals surface area contributed by atoms with Crippen molar-refractivity contribution in [2.24, 2.45) is 0 Å². The summed E-state index contributed by atoms with van der Waals surface area (Å²) in [5, 5.41) is 6.20. The van der Waals surface area contributed by atoms with E-state index >= 15 is 0 Å². The van der Waals surface area contributed by atoms with Gasteiger partial charge >= 0.3 is 6.03 Å². The SMILES string of the molecule is O=C1CN(c2ccc(C(=O)NCCc3nc4c(s3)CCC4)cc2)C(=O)N1. The van der Waals surface area contributed by atoms with E-state index in [1.807, 2.05) is 0 Å². The number of fused-ring (bicyclic) bond motifs is 1. The van der Waals surface area contributed by atoms with E-state index in [9.17, 15) is 14.4 Å². The van der Waals surface area contributed by atoms with Gasteiger partial charge in [-0.1, -0.05) is 0 Å². The molecule has 2 aliphatic rings. The van der Waals surface area contributed by atoms with Crippen molar-refractivity contribution >= 4 is 34.9 Å². The standard InChI is InChI=1S/C18H18N4O3S/c23-15-10-22(18(25)21-15)12-6-4-11(5-7-12)17(24)19-9-8-16-20-13-2-1-3-14(13)26-16/h4-7H,1-3,8-10H2,(H,19,24)(H,21,23,25). The van der Waals surface area contributed by atoms with Gasteiger partial charge in [-0.05, 0) is 43.5 Å². The van der Waals surface area contributed by atoms with Crippen LogP contribution in [-0.4, -0.2) is 35.9 Å².